The van der Waals surface area contributed by atoms with Crippen LogP contribution in [0, 0.1) is 11.3 Å². The molecule has 0 aliphatic rings. The van der Waals surface area contributed by atoms with Gasteiger partial charge in [-0.25, -0.2) is 0 Å². The minimum Gasteiger partial charge on any atom is -0.396 e. The number of carbonyl (C=O) groups excluding carboxylic acids is 1. The second-order valence-electron chi connectivity index (χ2n) is 5.16. The monoisotopic (exact) mass is 201 g/mol. The molecular formula is C11H23NO2. The molecule has 1 unspecified atom stereocenters. The van der Waals surface area contributed by atoms with Gasteiger partial charge < -0.3 is 10.4 Å². The smallest absolute Gasteiger partial charge is 0.220 e. The molecule has 0 spiro atoms. The first-order chi connectivity index (χ1) is 6.35. The molecule has 0 aliphatic carbocycles. The van der Waals surface area contributed by atoms with Gasteiger partial charge in [-0.15, -0.1) is 0 Å². The van der Waals surface area contributed by atoms with Crippen molar-refractivity contribution in [3.8, 4) is 0 Å². The Balaban J connectivity index is 3.64. The standard InChI is InChI=1S/C11H23NO2/c1-9(5-6-13)8-12-10(14)7-11(2,3)4/h9,13H,5-8H2,1-4H3,(H,12,14). The number of aliphatic hydroxyl groups is 1. The molecule has 0 rings (SSSR count). The summed E-state index contributed by atoms with van der Waals surface area (Å²) in [6, 6.07) is 0. The van der Waals surface area contributed by atoms with Crippen LogP contribution in [0.3, 0.4) is 0 Å². The molecule has 14 heavy (non-hydrogen) atoms. The van der Waals surface area contributed by atoms with E-state index in [1.54, 1.807) is 0 Å². The summed E-state index contributed by atoms with van der Waals surface area (Å²) in [5.74, 6) is 0.450. The lowest BCUT2D eigenvalue weighted by atomic mass is 9.92. The van der Waals surface area contributed by atoms with Crippen LogP contribution >= 0.6 is 0 Å². The molecule has 84 valence electrons. The maximum absolute atomic E-state index is 11.4. The Morgan fingerprint density at radius 1 is 1.43 bits per heavy atom. The van der Waals surface area contributed by atoms with E-state index in [9.17, 15) is 4.79 Å². The van der Waals surface area contributed by atoms with Crippen molar-refractivity contribution in [1.82, 2.24) is 5.32 Å². The lowest BCUT2D eigenvalue weighted by molar-refractivity contribution is -0.123. The van der Waals surface area contributed by atoms with E-state index in [0.29, 0.717) is 18.9 Å². The molecular weight excluding hydrogens is 178 g/mol. The summed E-state index contributed by atoms with van der Waals surface area (Å²) < 4.78 is 0. The van der Waals surface area contributed by atoms with Gasteiger partial charge in [0.1, 0.15) is 0 Å². The van der Waals surface area contributed by atoms with Crippen LogP contribution in [0.1, 0.15) is 40.5 Å². The number of amides is 1. The van der Waals surface area contributed by atoms with Crippen molar-refractivity contribution in [2.75, 3.05) is 13.2 Å². The van der Waals surface area contributed by atoms with Crippen LogP contribution < -0.4 is 5.32 Å². The maximum atomic E-state index is 11.4. The van der Waals surface area contributed by atoms with E-state index < -0.39 is 0 Å². The van der Waals surface area contributed by atoms with E-state index in [2.05, 4.69) is 5.32 Å². The van der Waals surface area contributed by atoms with Crippen LogP contribution in [0.15, 0.2) is 0 Å². The predicted molar refractivity (Wildman–Crippen MR) is 57.9 cm³/mol. The van der Waals surface area contributed by atoms with Crippen LogP contribution in [0.2, 0.25) is 0 Å². The third-order valence-electron chi connectivity index (χ3n) is 1.96. The molecule has 3 nitrogen and oxygen atoms in total. The first-order valence-electron chi connectivity index (χ1n) is 5.22. The number of aliphatic hydroxyl groups excluding tert-OH is 1. The summed E-state index contributed by atoms with van der Waals surface area (Å²) in [4.78, 5) is 11.4. The average molecular weight is 201 g/mol. The van der Waals surface area contributed by atoms with Crippen LogP contribution in [0.25, 0.3) is 0 Å². The highest BCUT2D eigenvalue weighted by atomic mass is 16.3. The van der Waals surface area contributed by atoms with Crippen molar-refractivity contribution in [2.24, 2.45) is 11.3 Å². The van der Waals surface area contributed by atoms with Crippen molar-refractivity contribution in [3.63, 3.8) is 0 Å². The number of nitrogens with one attached hydrogen (secondary N) is 1. The van der Waals surface area contributed by atoms with E-state index >= 15 is 0 Å². The maximum Gasteiger partial charge on any atom is 0.220 e. The summed E-state index contributed by atoms with van der Waals surface area (Å²) >= 11 is 0. The van der Waals surface area contributed by atoms with Gasteiger partial charge in [-0.05, 0) is 17.8 Å². The second-order valence-corrected chi connectivity index (χ2v) is 5.16. The molecule has 0 saturated carbocycles. The third-order valence-corrected chi connectivity index (χ3v) is 1.96. The fourth-order valence-corrected chi connectivity index (χ4v) is 1.15. The average Bonchev–Trinajstić information content (AvgIpc) is 1.98. The topological polar surface area (TPSA) is 49.3 Å². The summed E-state index contributed by atoms with van der Waals surface area (Å²) in [6.45, 7) is 9.01. The highest BCUT2D eigenvalue weighted by Gasteiger charge is 2.15. The second kappa shape index (κ2) is 6.02. The summed E-state index contributed by atoms with van der Waals surface area (Å²) in [5, 5.41) is 11.5. The number of carbonyl (C=O) groups is 1. The number of rotatable bonds is 5. The van der Waals surface area contributed by atoms with Crippen molar-refractivity contribution in [1.29, 1.82) is 0 Å². The molecule has 0 heterocycles. The first-order valence-corrected chi connectivity index (χ1v) is 5.22. The van der Waals surface area contributed by atoms with E-state index in [4.69, 9.17) is 5.11 Å². The van der Waals surface area contributed by atoms with Crippen LogP contribution in [-0.2, 0) is 4.79 Å². The van der Waals surface area contributed by atoms with E-state index in [1.807, 2.05) is 27.7 Å². The summed E-state index contributed by atoms with van der Waals surface area (Å²) in [7, 11) is 0. The van der Waals surface area contributed by atoms with Crippen LogP contribution in [0.4, 0.5) is 0 Å². The zero-order valence-electron chi connectivity index (χ0n) is 9.76. The molecule has 0 saturated heterocycles. The van der Waals surface area contributed by atoms with E-state index in [-0.39, 0.29) is 17.9 Å². The fraction of sp³-hybridized carbons (Fsp3) is 0.909. The Hall–Kier alpha value is -0.570. The SMILES string of the molecule is CC(CCO)CNC(=O)CC(C)(C)C. The van der Waals surface area contributed by atoms with Gasteiger partial charge in [0, 0.05) is 19.6 Å². The van der Waals surface area contributed by atoms with Crippen molar-refractivity contribution in [3.05, 3.63) is 0 Å². The minimum atomic E-state index is 0.0459. The minimum absolute atomic E-state index is 0.0459. The van der Waals surface area contributed by atoms with Crippen molar-refractivity contribution in [2.45, 2.75) is 40.5 Å². The molecule has 0 aromatic rings. The predicted octanol–water partition coefficient (Wildman–Crippen LogP) is 1.56. The lowest BCUT2D eigenvalue weighted by Gasteiger charge is -2.18. The van der Waals surface area contributed by atoms with Gasteiger partial charge in [0.05, 0.1) is 0 Å². The molecule has 0 aromatic heterocycles. The largest absolute Gasteiger partial charge is 0.396 e. The van der Waals surface area contributed by atoms with E-state index in [0.717, 1.165) is 6.42 Å². The van der Waals surface area contributed by atoms with Gasteiger partial charge in [-0.3, -0.25) is 4.79 Å². The zero-order valence-corrected chi connectivity index (χ0v) is 9.76. The van der Waals surface area contributed by atoms with Crippen molar-refractivity contribution >= 4 is 5.91 Å². The molecule has 3 heteroatoms. The Bertz CT molecular complexity index is 173. The quantitative estimate of drug-likeness (QED) is 0.709. The van der Waals surface area contributed by atoms with Crippen LogP contribution in [0.5, 0.6) is 0 Å². The first kappa shape index (κ1) is 13.4. The summed E-state index contributed by atoms with van der Waals surface area (Å²) in [5.41, 5.74) is 0.0459. The zero-order chi connectivity index (χ0) is 11.2. The van der Waals surface area contributed by atoms with Crippen molar-refractivity contribution < 1.29 is 9.90 Å². The normalized spacial score (nSPS) is 13.8. The van der Waals surface area contributed by atoms with Crippen LogP contribution in [-0.4, -0.2) is 24.2 Å². The molecule has 1 amide bonds. The molecule has 0 fully saturated rings. The lowest BCUT2D eigenvalue weighted by Crippen LogP contribution is -2.31. The third kappa shape index (κ3) is 8.05. The van der Waals surface area contributed by atoms with Gasteiger partial charge in [0.25, 0.3) is 0 Å². The molecule has 0 radical (unpaired) electrons. The van der Waals surface area contributed by atoms with Gasteiger partial charge >= 0.3 is 0 Å². The molecule has 0 aliphatic heterocycles. The Morgan fingerprint density at radius 2 is 2.00 bits per heavy atom. The molecule has 0 bridgehead atoms. The fourth-order valence-electron chi connectivity index (χ4n) is 1.15. The van der Waals surface area contributed by atoms with Gasteiger partial charge in [0.15, 0.2) is 0 Å². The Labute approximate surface area is 86.9 Å². The van der Waals surface area contributed by atoms with E-state index in [1.165, 1.54) is 0 Å². The molecule has 0 aromatic carbocycles. The molecule has 1 atom stereocenters. The summed E-state index contributed by atoms with van der Waals surface area (Å²) in [6.07, 6.45) is 1.30. The number of hydrogen-bond donors (Lipinski definition) is 2. The Kier molecular flexibility index (Phi) is 5.77. The highest BCUT2D eigenvalue weighted by Crippen LogP contribution is 2.17. The van der Waals surface area contributed by atoms with Gasteiger partial charge in [0.2, 0.25) is 5.91 Å². The molecule has 2 N–H and O–H groups in total. The Morgan fingerprint density at radius 3 is 2.43 bits per heavy atom. The van der Waals surface area contributed by atoms with Gasteiger partial charge in [-0.2, -0.15) is 0 Å². The number of hydrogen-bond acceptors (Lipinski definition) is 2. The highest BCUT2D eigenvalue weighted by molar-refractivity contribution is 5.76. The van der Waals surface area contributed by atoms with Gasteiger partial charge in [-0.1, -0.05) is 27.7 Å².